The van der Waals surface area contributed by atoms with Gasteiger partial charge in [-0.25, -0.2) is 0 Å². The van der Waals surface area contributed by atoms with Gasteiger partial charge < -0.3 is 25.2 Å². The van der Waals surface area contributed by atoms with Crippen molar-refractivity contribution in [3.63, 3.8) is 0 Å². The summed E-state index contributed by atoms with van der Waals surface area (Å²) in [5, 5.41) is 44.1. The van der Waals surface area contributed by atoms with Gasteiger partial charge in [0.25, 0.3) is 0 Å². The van der Waals surface area contributed by atoms with E-state index in [0.717, 1.165) is 38.5 Å². The quantitative estimate of drug-likeness (QED) is 0.0800. The lowest BCUT2D eigenvalue weighted by molar-refractivity contribution is -0.305. The van der Waals surface area contributed by atoms with Gasteiger partial charge in [-0.05, 0) is 56.3 Å². The number of hydrogen-bond acceptors (Lipinski definition) is 5. The number of aliphatic hydroxyl groups excluding tert-OH is 3. The third kappa shape index (κ3) is 12.3. The second-order valence-corrected chi connectivity index (χ2v) is 12.3. The first kappa shape index (κ1) is 38.0. The Bertz CT molecular complexity index is 861. The van der Waals surface area contributed by atoms with E-state index in [4.69, 9.17) is 0 Å². The molecule has 0 amide bonds. The van der Waals surface area contributed by atoms with Crippen molar-refractivity contribution in [1.29, 1.82) is 0 Å². The van der Waals surface area contributed by atoms with Gasteiger partial charge in [0.1, 0.15) is 0 Å². The summed E-state index contributed by atoms with van der Waals surface area (Å²) in [6, 6.07) is 0. The summed E-state index contributed by atoms with van der Waals surface area (Å²) in [4.78, 5) is 10.7. The summed E-state index contributed by atoms with van der Waals surface area (Å²) in [5.74, 6) is -0.993. The number of carboxylic acids is 1. The number of carboxylic acid groups (broad SMARTS) is 1. The lowest BCUT2D eigenvalue weighted by atomic mass is 9.60. The second kappa shape index (κ2) is 19.2. The van der Waals surface area contributed by atoms with Gasteiger partial charge in [-0.3, -0.25) is 0 Å². The SMILES string of the molecule is CC/C=C\CC(O)[C@@](C)(/C=C/C=C\C=C\C=C\C(O)[C@](C)(C(C)C)C(O)[C@](C)(CC)CCCCCC(=O)[O-])CC.[H+]. The molecule has 5 nitrogen and oxygen atoms in total. The summed E-state index contributed by atoms with van der Waals surface area (Å²) >= 11 is 0. The van der Waals surface area contributed by atoms with Crippen LogP contribution in [0.15, 0.2) is 60.8 Å². The van der Waals surface area contributed by atoms with Crippen LogP contribution in [0.5, 0.6) is 0 Å². The maximum atomic E-state index is 11.6. The number of carbonyl (C=O) groups is 1. The van der Waals surface area contributed by atoms with Crippen LogP contribution in [0.25, 0.3) is 0 Å². The standard InChI is InChI=1S/C35H60O5/c1-9-12-18-23-29(36)33(6,10-2)26-21-16-14-13-15-19-24-30(37)35(8,28(4)5)32(40)34(7,11-3)27-22-17-20-25-31(38)39/h12-16,18-19,21,24,26,28-30,32,36-37,40H,9-11,17,20,22-23,25,27H2,1-8H3,(H,38,39)/b15-13+,16-14-,18-12-,24-19+,26-21+/t29?,30?,32?,33-,34-,35+/m1/s1. The van der Waals surface area contributed by atoms with Crippen LogP contribution in [0.4, 0.5) is 0 Å². The Morgan fingerprint density at radius 2 is 1.45 bits per heavy atom. The van der Waals surface area contributed by atoms with E-state index in [1.54, 1.807) is 6.08 Å². The minimum absolute atomic E-state index is 0. The molecule has 0 aromatic rings. The molecular weight excluding hydrogens is 500 g/mol. The van der Waals surface area contributed by atoms with Crippen molar-refractivity contribution >= 4 is 5.97 Å². The minimum atomic E-state index is -1.02. The Balaban J connectivity index is 0. The van der Waals surface area contributed by atoms with Crippen LogP contribution in [-0.2, 0) is 4.79 Å². The zero-order valence-corrected chi connectivity index (χ0v) is 26.6. The van der Waals surface area contributed by atoms with E-state index in [-0.39, 0.29) is 19.2 Å². The number of carbonyl (C=O) groups excluding carboxylic acids is 1. The fourth-order valence-corrected chi connectivity index (χ4v) is 5.09. The molecule has 0 spiro atoms. The third-order valence-corrected chi connectivity index (χ3v) is 9.18. The molecule has 3 N–H and O–H groups in total. The maximum absolute atomic E-state index is 11.6. The zero-order chi connectivity index (χ0) is 30.8. The molecule has 6 atom stereocenters. The van der Waals surface area contributed by atoms with Crippen LogP contribution in [0.1, 0.15) is 115 Å². The molecule has 0 aliphatic heterocycles. The summed E-state index contributed by atoms with van der Waals surface area (Å²) in [5.41, 5.74) is -1.44. The molecular formula is C35H60O5. The van der Waals surface area contributed by atoms with Gasteiger partial charge in [0.2, 0.25) is 0 Å². The second-order valence-electron chi connectivity index (χ2n) is 12.3. The van der Waals surface area contributed by atoms with Crippen molar-refractivity contribution in [3.8, 4) is 0 Å². The highest BCUT2D eigenvalue weighted by atomic mass is 16.4. The Kier molecular flexibility index (Phi) is 18.3. The van der Waals surface area contributed by atoms with Gasteiger partial charge in [-0.1, -0.05) is 129 Å². The van der Waals surface area contributed by atoms with E-state index in [1.807, 2.05) is 63.3 Å². The monoisotopic (exact) mass is 560 g/mol. The molecule has 0 radical (unpaired) electrons. The van der Waals surface area contributed by atoms with E-state index in [9.17, 15) is 25.2 Å². The summed E-state index contributed by atoms with van der Waals surface area (Å²) < 4.78 is 0. The highest BCUT2D eigenvalue weighted by Gasteiger charge is 2.49. The van der Waals surface area contributed by atoms with E-state index in [2.05, 4.69) is 46.8 Å². The molecule has 0 aliphatic carbocycles. The average molecular weight is 561 g/mol. The van der Waals surface area contributed by atoms with Crippen LogP contribution in [0, 0.1) is 22.2 Å². The van der Waals surface area contributed by atoms with E-state index in [0.29, 0.717) is 12.8 Å². The first-order valence-electron chi connectivity index (χ1n) is 15.3. The van der Waals surface area contributed by atoms with Crippen molar-refractivity contribution in [2.45, 2.75) is 131 Å². The topological polar surface area (TPSA) is 101 Å². The molecule has 0 fully saturated rings. The van der Waals surface area contributed by atoms with Crippen molar-refractivity contribution in [2.24, 2.45) is 22.2 Å². The highest BCUT2D eigenvalue weighted by molar-refractivity contribution is 5.64. The van der Waals surface area contributed by atoms with E-state index in [1.165, 1.54) is 0 Å². The molecule has 0 heterocycles. The number of allylic oxidation sites excluding steroid dienone is 7. The predicted molar refractivity (Wildman–Crippen MR) is 168 cm³/mol. The molecule has 5 heteroatoms. The molecule has 40 heavy (non-hydrogen) atoms. The summed E-state index contributed by atoms with van der Waals surface area (Å²) in [6.45, 7) is 16.4. The lowest BCUT2D eigenvalue weighted by Gasteiger charge is -2.49. The number of aliphatic carboxylic acids is 1. The lowest BCUT2D eigenvalue weighted by Crippen LogP contribution is -2.53. The fraction of sp³-hybridized carbons (Fsp3) is 0.686. The Morgan fingerprint density at radius 1 is 0.850 bits per heavy atom. The summed E-state index contributed by atoms with van der Waals surface area (Å²) in [6.07, 6.45) is 23.5. The van der Waals surface area contributed by atoms with Crippen molar-refractivity contribution in [3.05, 3.63) is 60.8 Å². The third-order valence-electron chi connectivity index (χ3n) is 9.18. The molecule has 0 saturated carbocycles. The van der Waals surface area contributed by atoms with Crippen LogP contribution < -0.4 is 5.11 Å². The van der Waals surface area contributed by atoms with Crippen LogP contribution in [0.3, 0.4) is 0 Å². The van der Waals surface area contributed by atoms with E-state index < -0.39 is 35.1 Å². The molecule has 0 rings (SSSR count). The van der Waals surface area contributed by atoms with Crippen LogP contribution in [0.2, 0.25) is 0 Å². The fourth-order valence-electron chi connectivity index (χ4n) is 5.09. The van der Waals surface area contributed by atoms with Gasteiger partial charge >= 0.3 is 1.43 Å². The van der Waals surface area contributed by atoms with Gasteiger partial charge in [0.15, 0.2) is 0 Å². The summed E-state index contributed by atoms with van der Waals surface area (Å²) in [7, 11) is 0. The molecule has 3 unspecified atom stereocenters. The predicted octanol–water partition coefficient (Wildman–Crippen LogP) is 6.96. The normalized spacial score (nSPS) is 20.0. The first-order valence-corrected chi connectivity index (χ1v) is 15.3. The van der Waals surface area contributed by atoms with Gasteiger partial charge in [-0.2, -0.15) is 0 Å². The Hall–Kier alpha value is -1.95. The average Bonchev–Trinajstić information content (AvgIpc) is 2.92. The zero-order valence-electron chi connectivity index (χ0n) is 27.6. The smallest absolute Gasteiger partial charge is 0.550 e. The van der Waals surface area contributed by atoms with Crippen LogP contribution >= 0.6 is 0 Å². The van der Waals surface area contributed by atoms with Crippen molar-refractivity contribution in [2.75, 3.05) is 0 Å². The Morgan fingerprint density at radius 3 is 1.98 bits per heavy atom. The minimum Gasteiger partial charge on any atom is -0.550 e. The first-order chi connectivity index (χ1) is 18.7. The Labute approximate surface area is 247 Å². The molecule has 0 bridgehead atoms. The largest absolute Gasteiger partial charge is 1.00 e. The number of aliphatic hydroxyl groups is 3. The van der Waals surface area contributed by atoms with Crippen molar-refractivity contribution in [1.82, 2.24) is 0 Å². The number of unbranched alkanes of at least 4 members (excludes halogenated alkanes) is 2. The number of rotatable bonds is 21. The maximum Gasteiger partial charge on any atom is 1.00 e. The van der Waals surface area contributed by atoms with E-state index >= 15 is 0 Å². The van der Waals surface area contributed by atoms with Gasteiger partial charge in [0, 0.05) is 16.8 Å². The van der Waals surface area contributed by atoms with Crippen molar-refractivity contribution < 1.29 is 26.6 Å². The molecule has 0 aromatic heterocycles. The van der Waals surface area contributed by atoms with Gasteiger partial charge in [0.05, 0.1) is 18.3 Å². The number of hydrogen-bond donors (Lipinski definition) is 3. The molecule has 0 aliphatic rings. The molecule has 230 valence electrons. The molecule has 0 saturated heterocycles. The highest BCUT2D eigenvalue weighted by Crippen LogP contribution is 2.47. The molecule has 0 aromatic carbocycles. The van der Waals surface area contributed by atoms with Gasteiger partial charge in [-0.15, -0.1) is 0 Å². The van der Waals surface area contributed by atoms with Crippen LogP contribution in [-0.4, -0.2) is 39.6 Å².